The van der Waals surface area contributed by atoms with E-state index in [9.17, 15) is 4.39 Å². The minimum atomic E-state index is -0.224. The van der Waals surface area contributed by atoms with Crippen LogP contribution in [0.1, 0.15) is 0 Å². The Hall–Kier alpha value is -0.890. The normalized spacial score (nSPS) is 12.9. The van der Waals surface area contributed by atoms with Gasteiger partial charge in [-0.05, 0) is 26.2 Å². The molecule has 0 amide bonds. The van der Waals surface area contributed by atoms with Gasteiger partial charge in [0.05, 0.1) is 0 Å². The minimum Gasteiger partial charge on any atom is -0.306 e. The molecular formula is C9H14FN. The zero-order valence-electron chi connectivity index (χ0n) is 7.05. The van der Waals surface area contributed by atoms with Gasteiger partial charge in [0.15, 0.2) is 0 Å². The van der Waals surface area contributed by atoms with Gasteiger partial charge in [0.2, 0.25) is 0 Å². The van der Waals surface area contributed by atoms with E-state index in [-0.39, 0.29) is 5.83 Å². The van der Waals surface area contributed by atoms with E-state index >= 15 is 0 Å². The summed E-state index contributed by atoms with van der Waals surface area (Å²) in [5.74, 6) is -0.224. The lowest BCUT2D eigenvalue weighted by Crippen LogP contribution is -2.10. The first kappa shape index (κ1) is 10.1. The number of hydrogen-bond acceptors (Lipinski definition) is 1. The molecule has 0 N–H and O–H groups in total. The molecule has 0 rings (SSSR count). The quantitative estimate of drug-likeness (QED) is 0.562. The van der Waals surface area contributed by atoms with Gasteiger partial charge in [0.25, 0.3) is 0 Å². The number of halogens is 1. The van der Waals surface area contributed by atoms with Crippen molar-refractivity contribution in [2.24, 2.45) is 0 Å². The first-order valence-electron chi connectivity index (χ1n) is 3.46. The highest BCUT2D eigenvalue weighted by molar-refractivity contribution is 5.15. The highest BCUT2D eigenvalue weighted by Gasteiger charge is 1.87. The average Bonchev–Trinajstić information content (AvgIpc) is 1.97. The molecule has 0 unspecified atom stereocenters. The van der Waals surface area contributed by atoms with Crippen LogP contribution in [0.4, 0.5) is 4.39 Å². The maximum absolute atomic E-state index is 12.7. The van der Waals surface area contributed by atoms with Crippen molar-refractivity contribution >= 4 is 0 Å². The van der Waals surface area contributed by atoms with Crippen molar-refractivity contribution in [3.05, 3.63) is 36.7 Å². The van der Waals surface area contributed by atoms with Crippen molar-refractivity contribution in [2.45, 2.75) is 0 Å². The Labute approximate surface area is 67.5 Å². The van der Waals surface area contributed by atoms with Gasteiger partial charge in [-0.25, -0.2) is 4.39 Å². The average molecular weight is 155 g/mol. The van der Waals surface area contributed by atoms with Gasteiger partial charge in [-0.2, -0.15) is 0 Å². The fourth-order valence-corrected chi connectivity index (χ4v) is 0.498. The van der Waals surface area contributed by atoms with E-state index in [2.05, 4.69) is 6.58 Å². The molecule has 1 nitrogen and oxygen atoms in total. The second kappa shape index (κ2) is 5.86. The summed E-state index contributed by atoms with van der Waals surface area (Å²) in [6.07, 6.45) is 6.01. The van der Waals surface area contributed by atoms with E-state index in [1.807, 2.05) is 19.0 Å². The number of rotatable bonds is 4. The van der Waals surface area contributed by atoms with Crippen LogP contribution in [0.2, 0.25) is 0 Å². The summed E-state index contributed by atoms with van der Waals surface area (Å²) in [6, 6.07) is 0. The molecule has 62 valence electrons. The molecule has 0 heterocycles. The molecule has 0 atom stereocenters. The van der Waals surface area contributed by atoms with E-state index < -0.39 is 0 Å². The summed E-state index contributed by atoms with van der Waals surface area (Å²) in [5, 5.41) is 0. The molecule has 0 aromatic heterocycles. The Bertz CT molecular complexity index is 168. The minimum absolute atomic E-state index is 0.224. The van der Waals surface area contributed by atoms with Crippen LogP contribution >= 0.6 is 0 Å². The lowest BCUT2D eigenvalue weighted by atomic mass is 10.4. The third-order valence-electron chi connectivity index (χ3n) is 1.04. The number of allylic oxidation sites excluding steroid dienone is 4. The fraction of sp³-hybridized carbons (Fsp3) is 0.333. The zero-order valence-corrected chi connectivity index (χ0v) is 7.05. The van der Waals surface area contributed by atoms with Crippen LogP contribution < -0.4 is 0 Å². The van der Waals surface area contributed by atoms with Crippen LogP contribution in [0.5, 0.6) is 0 Å². The Morgan fingerprint density at radius 3 is 2.64 bits per heavy atom. The van der Waals surface area contributed by atoms with E-state index in [0.717, 1.165) is 0 Å². The smallest absolute Gasteiger partial charge is 0.120 e. The lowest BCUT2D eigenvalue weighted by molar-refractivity contribution is 0.451. The van der Waals surface area contributed by atoms with E-state index in [0.29, 0.717) is 6.54 Å². The van der Waals surface area contributed by atoms with Gasteiger partial charge in [0, 0.05) is 6.54 Å². The second-order valence-electron chi connectivity index (χ2n) is 2.45. The van der Waals surface area contributed by atoms with Crippen LogP contribution in [0.25, 0.3) is 0 Å². The summed E-state index contributed by atoms with van der Waals surface area (Å²) in [5.41, 5.74) is 0. The molecule has 0 radical (unpaired) electrons. The summed E-state index contributed by atoms with van der Waals surface area (Å²) >= 11 is 0. The van der Waals surface area contributed by atoms with Gasteiger partial charge in [-0.15, -0.1) is 0 Å². The maximum atomic E-state index is 12.7. The van der Waals surface area contributed by atoms with Gasteiger partial charge in [-0.3, -0.25) is 0 Å². The van der Waals surface area contributed by atoms with Crippen molar-refractivity contribution in [1.29, 1.82) is 0 Å². The molecule has 0 aliphatic carbocycles. The van der Waals surface area contributed by atoms with Crippen molar-refractivity contribution in [3.63, 3.8) is 0 Å². The van der Waals surface area contributed by atoms with Gasteiger partial charge >= 0.3 is 0 Å². The first-order valence-corrected chi connectivity index (χ1v) is 3.46. The number of likely N-dealkylation sites (N-methyl/N-ethyl adjacent to an activating group) is 1. The largest absolute Gasteiger partial charge is 0.306 e. The predicted octanol–water partition coefficient (Wildman–Crippen LogP) is 2.14. The molecule has 0 fully saturated rings. The topological polar surface area (TPSA) is 3.24 Å². The fourth-order valence-electron chi connectivity index (χ4n) is 0.498. The second-order valence-corrected chi connectivity index (χ2v) is 2.45. The Morgan fingerprint density at radius 1 is 1.55 bits per heavy atom. The zero-order chi connectivity index (χ0) is 8.69. The molecule has 11 heavy (non-hydrogen) atoms. The van der Waals surface area contributed by atoms with Crippen molar-refractivity contribution in [3.8, 4) is 0 Å². The van der Waals surface area contributed by atoms with Crippen molar-refractivity contribution in [2.75, 3.05) is 20.6 Å². The first-order chi connectivity index (χ1) is 5.16. The van der Waals surface area contributed by atoms with Gasteiger partial charge < -0.3 is 4.90 Å². The Kier molecular flexibility index (Phi) is 5.39. The van der Waals surface area contributed by atoms with Gasteiger partial charge in [-0.1, -0.05) is 18.7 Å². The Balaban J connectivity index is 3.80. The summed E-state index contributed by atoms with van der Waals surface area (Å²) in [6.45, 7) is 4.06. The van der Waals surface area contributed by atoms with E-state index in [1.165, 1.54) is 12.2 Å². The Morgan fingerprint density at radius 2 is 2.18 bits per heavy atom. The van der Waals surface area contributed by atoms with E-state index in [1.54, 1.807) is 12.2 Å². The standard InChI is InChI=1S/C9H14FN/c1-4-5-6-9(10)7-8-11(2)3/h4-7H,1,8H2,2-3H3/b6-5-,9-7-. The van der Waals surface area contributed by atoms with Gasteiger partial charge in [0.1, 0.15) is 5.83 Å². The molecular weight excluding hydrogens is 141 g/mol. The molecule has 0 saturated carbocycles. The molecule has 0 bridgehead atoms. The summed E-state index contributed by atoms with van der Waals surface area (Å²) < 4.78 is 12.7. The lowest BCUT2D eigenvalue weighted by Gasteiger charge is -2.03. The number of nitrogens with zero attached hydrogens (tertiary/aromatic N) is 1. The van der Waals surface area contributed by atoms with Crippen LogP contribution in [-0.2, 0) is 0 Å². The van der Waals surface area contributed by atoms with Crippen LogP contribution in [0.3, 0.4) is 0 Å². The number of hydrogen-bond donors (Lipinski definition) is 0. The molecule has 0 saturated heterocycles. The highest BCUT2D eigenvalue weighted by atomic mass is 19.1. The molecule has 0 aliphatic heterocycles. The van der Waals surface area contributed by atoms with Crippen LogP contribution in [0, 0.1) is 0 Å². The predicted molar refractivity (Wildman–Crippen MR) is 47.1 cm³/mol. The monoisotopic (exact) mass is 155 g/mol. The summed E-state index contributed by atoms with van der Waals surface area (Å²) in [7, 11) is 3.78. The molecule has 0 spiro atoms. The highest BCUT2D eigenvalue weighted by Crippen LogP contribution is 1.97. The third kappa shape index (κ3) is 7.00. The van der Waals surface area contributed by atoms with Crippen molar-refractivity contribution < 1.29 is 4.39 Å². The molecule has 0 aromatic carbocycles. The molecule has 0 aliphatic rings. The molecule has 0 aromatic rings. The van der Waals surface area contributed by atoms with Crippen LogP contribution in [-0.4, -0.2) is 25.5 Å². The summed E-state index contributed by atoms with van der Waals surface area (Å²) in [4.78, 5) is 1.89. The van der Waals surface area contributed by atoms with Crippen molar-refractivity contribution in [1.82, 2.24) is 4.90 Å². The third-order valence-corrected chi connectivity index (χ3v) is 1.04. The van der Waals surface area contributed by atoms with E-state index in [4.69, 9.17) is 0 Å². The SMILES string of the molecule is C=C/C=C\C(F)=C\CN(C)C. The molecule has 2 heteroatoms. The van der Waals surface area contributed by atoms with Crippen LogP contribution in [0.15, 0.2) is 36.7 Å². The maximum Gasteiger partial charge on any atom is 0.120 e.